The van der Waals surface area contributed by atoms with E-state index in [1.54, 1.807) is 24.3 Å². The molecule has 1 aromatic carbocycles. The molecule has 1 aliphatic heterocycles. The Hall–Kier alpha value is -1.11. The lowest BCUT2D eigenvalue weighted by molar-refractivity contribution is 0.177. The van der Waals surface area contributed by atoms with Gasteiger partial charge in [-0.3, -0.25) is 0 Å². The summed E-state index contributed by atoms with van der Waals surface area (Å²) in [6, 6.07) is 6.70. The number of hydrogen-bond donors (Lipinski definition) is 1. The molecule has 1 atom stereocenters. The van der Waals surface area contributed by atoms with Crippen LogP contribution in [0, 0.1) is 5.92 Å². The van der Waals surface area contributed by atoms with Crippen LogP contribution >= 0.6 is 0 Å². The summed E-state index contributed by atoms with van der Waals surface area (Å²) >= 11 is 0. The highest BCUT2D eigenvalue weighted by Gasteiger charge is 2.21. The van der Waals surface area contributed by atoms with E-state index >= 15 is 0 Å². The highest BCUT2D eigenvalue weighted by Crippen LogP contribution is 2.23. The predicted molar refractivity (Wildman–Crippen MR) is 87.6 cm³/mol. The Morgan fingerprint density at radius 3 is 2.86 bits per heavy atom. The Balaban J connectivity index is 1.90. The average Bonchev–Trinajstić information content (AvgIpc) is 2.55. The van der Waals surface area contributed by atoms with Crippen molar-refractivity contribution in [3.8, 4) is 5.75 Å². The topological polar surface area (TPSA) is 58.6 Å². The number of likely N-dealkylation sites (tertiary alicyclic amines) is 1. The summed E-state index contributed by atoms with van der Waals surface area (Å²) < 4.78 is 32.6. The molecule has 0 radical (unpaired) electrons. The molecule has 0 aromatic heterocycles. The molecule has 1 saturated heterocycles. The third-order valence-electron chi connectivity index (χ3n) is 4.25. The molecule has 6 heteroatoms. The fraction of sp³-hybridized carbons (Fsp3) is 0.625. The minimum Gasteiger partial charge on any atom is -0.495 e. The molecule has 0 unspecified atom stereocenters. The maximum Gasteiger partial charge on any atom is 0.244 e. The van der Waals surface area contributed by atoms with Crippen LogP contribution in [-0.2, 0) is 10.0 Å². The third kappa shape index (κ3) is 4.44. The van der Waals surface area contributed by atoms with Crippen LogP contribution in [-0.4, -0.2) is 46.6 Å². The summed E-state index contributed by atoms with van der Waals surface area (Å²) in [5.74, 6) is 0.957. The molecule has 0 amide bonds. The van der Waals surface area contributed by atoms with Crippen molar-refractivity contribution in [1.82, 2.24) is 9.62 Å². The van der Waals surface area contributed by atoms with E-state index in [-0.39, 0.29) is 4.90 Å². The lowest BCUT2D eigenvalue weighted by atomic mass is 9.95. The molecule has 2 rings (SSSR count). The molecule has 0 spiro atoms. The number of rotatable bonds is 7. The number of para-hydroxylation sites is 1. The van der Waals surface area contributed by atoms with E-state index in [2.05, 4.69) is 16.5 Å². The standard InChI is InChI=1S/C16H26N2O3S/c1-3-18-12-6-7-14(13-18)10-11-17-22(19,20)16-9-5-4-8-15(16)21-2/h4-5,8-9,14,17H,3,6-7,10-13H2,1-2H3/t14-/m1/s1. The molecular weight excluding hydrogens is 300 g/mol. The second kappa shape index (κ2) is 7.94. The molecule has 0 saturated carbocycles. The first-order valence-electron chi connectivity index (χ1n) is 7.92. The van der Waals surface area contributed by atoms with E-state index in [0.717, 1.165) is 19.5 Å². The van der Waals surface area contributed by atoms with Crippen LogP contribution < -0.4 is 9.46 Å². The van der Waals surface area contributed by atoms with Gasteiger partial charge in [-0.25, -0.2) is 13.1 Å². The van der Waals surface area contributed by atoms with Crippen LogP contribution in [0.15, 0.2) is 29.2 Å². The zero-order chi connectivity index (χ0) is 16.0. The van der Waals surface area contributed by atoms with Gasteiger partial charge in [-0.2, -0.15) is 0 Å². The Bertz CT molecular complexity index is 575. The quantitative estimate of drug-likeness (QED) is 0.833. The highest BCUT2D eigenvalue weighted by atomic mass is 32.2. The molecule has 0 aliphatic carbocycles. The summed E-state index contributed by atoms with van der Waals surface area (Å²) in [6.45, 7) is 5.96. The minimum absolute atomic E-state index is 0.205. The van der Waals surface area contributed by atoms with Crippen LogP contribution in [0.2, 0.25) is 0 Å². The van der Waals surface area contributed by atoms with Crippen molar-refractivity contribution >= 4 is 10.0 Å². The molecule has 1 heterocycles. The van der Waals surface area contributed by atoms with Gasteiger partial charge in [-0.05, 0) is 50.4 Å². The van der Waals surface area contributed by atoms with Gasteiger partial charge in [0.05, 0.1) is 7.11 Å². The first-order chi connectivity index (χ1) is 10.6. The second-order valence-corrected chi connectivity index (χ2v) is 7.47. The van der Waals surface area contributed by atoms with Crippen molar-refractivity contribution in [2.24, 2.45) is 5.92 Å². The van der Waals surface area contributed by atoms with Crippen LogP contribution in [0.5, 0.6) is 5.75 Å². The normalized spacial score (nSPS) is 20.0. The van der Waals surface area contributed by atoms with Gasteiger partial charge in [0.15, 0.2) is 0 Å². The number of nitrogens with zero attached hydrogens (tertiary/aromatic N) is 1. The fourth-order valence-corrected chi connectivity index (χ4v) is 4.21. The number of methoxy groups -OCH3 is 1. The number of nitrogens with one attached hydrogen (secondary N) is 1. The molecule has 124 valence electrons. The summed E-state index contributed by atoms with van der Waals surface area (Å²) in [7, 11) is -2.03. The molecule has 1 N–H and O–H groups in total. The van der Waals surface area contributed by atoms with E-state index in [1.165, 1.54) is 26.5 Å². The summed E-state index contributed by atoms with van der Waals surface area (Å²) in [5, 5.41) is 0. The lowest BCUT2D eigenvalue weighted by Crippen LogP contribution is -2.36. The predicted octanol–water partition coefficient (Wildman–Crippen LogP) is 2.10. The van der Waals surface area contributed by atoms with Gasteiger partial charge in [0.25, 0.3) is 0 Å². The van der Waals surface area contributed by atoms with E-state index in [4.69, 9.17) is 4.74 Å². The van der Waals surface area contributed by atoms with Gasteiger partial charge in [0.1, 0.15) is 10.6 Å². The van der Waals surface area contributed by atoms with E-state index in [9.17, 15) is 8.42 Å². The Labute approximate surface area is 133 Å². The van der Waals surface area contributed by atoms with Crippen molar-refractivity contribution in [3.05, 3.63) is 24.3 Å². The van der Waals surface area contributed by atoms with Crippen molar-refractivity contribution in [1.29, 1.82) is 0 Å². The molecule has 22 heavy (non-hydrogen) atoms. The maximum absolute atomic E-state index is 12.4. The Kier molecular flexibility index (Phi) is 6.23. The maximum atomic E-state index is 12.4. The van der Waals surface area contributed by atoms with Crippen molar-refractivity contribution in [2.45, 2.75) is 31.1 Å². The number of piperidine rings is 1. The van der Waals surface area contributed by atoms with Crippen molar-refractivity contribution < 1.29 is 13.2 Å². The molecule has 1 aromatic rings. The number of benzene rings is 1. The number of ether oxygens (including phenoxy) is 1. The number of sulfonamides is 1. The van der Waals surface area contributed by atoms with Gasteiger partial charge in [0.2, 0.25) is 10.0 Å². The fourth-order valence-electron chi connectivity index (χ4n) is 2.99. The summed E-state index contributed by atoms with van der Waals surface area (Å²) in [4.78, 5) is 2.64. The van der Waals surface area contributed by atoms with Crippen LogP contribution in [0.4, 0.5) is 0 Å². The van der Waals surface area contributed by atoms with Crippen molar-refractivity contribution in [2.75, 3.05) is 33.3 Å². The van der Waals surface area contributed by atoms with Crippen LogP contribution in [0.25, 0.3) is 0 Å². The van der Waals surface area contributed by atoms with Crippen LogP contribution in [0.1, 0.15) is 26.2 Å². The minimum atomic E-state index is -3.51. The Morgan fingerprint density at radius 1 is 1.36 bits per heavy atom. The third-order valence-corrected chi connectivity index (χ3v) is 5.75. The summed E-state index contributed by atoms with van der Waals surface area (Å²) in [6.07, 6.45) is 3.27. The number of hydrogen-bond acceptors (Lipinski definition) is 4. The van der Waals surface area contributed by atoms with Gasteiger partial charge >= 0.3 is 0 Å². The highest BCUT2D eigenvalue weighted by molar-refractivity contribution is 7.89. The molecule has 5 nitrogen and oxygen atoms in total. The van der Waals surface area contributed by atoms with Gasteiger partial charge in [0, 0.05) is 13.1 Å². The zero-order valence-corrected chi connectivity index (χ0v) is 14.2. The molecule has 0 bridgehead atoms. The van der Waals surface area contributed by atoms with Crippen LogP contribution in [0.3, 0.4) is 0 Å². The van der Waals surface area contributed by atoms with Crippen molar-refractivity contribution in [3.63, 3.8) is 0 Å². The van der Waals surface area contributed by atoms with Gasteiger partial charge < -0.3 is 9.64 Å². The molecule has 1 aliphatic rings. The average molecular weight is 326 g/mol. The largest absolute Gasteiger partial charge is 0.495 e. The van der Waals surface area contributed by atoms with E-state index < -0.39 is 10.0 Å². The lowest BCUT2D eigenvalue weighted by Gasteiger charge is -2.31. The van der Waals surface area contributed by atoms with Gasteiger partial charge in [-0.15, -0.1) is 0 Å². The second-order valence-electron chi connectivity index (χ2n) is 5.74. The smallest absolute Gasteiger partial charge is 0.244 e. The van der Waals surface area contributed by atoms with Gasteiger partial charge in [-0.1, -0.05) is 19.1 Å². The first kappa shape index (κ1) is 17.2. The molecular formula is C16H26N2O3S. The molecule has 1 fully saturated rings. The SMILES string of the molecule is CCN1CCC[C@H](CCNS(=O)(=O)c2ccccc2OC)C1. The van der Waals surface area contributed by atoms with E-state index in [1.807, 2.05) is 0 Å². The Morgan fingerprint density at radius 2 is 2.14 bits per heavy atom. The first-order valence-corrected chi connectivity index (χ1v) is 9.40. The summed E-state index contributed by atoms with van der Waals surface area (Å²) in [5.41, 5.74) is 0. The van der Waals surface area contributed by atoms with E-state index in [0.29, 0.717) is 18.2 Å². The zero-order valence-electron chi connectivity index (χ0n) is 13.4. The monoisotopic (exact) mass is 326 g/mol.